The predicted molar refractivity (Wildman–Crippen MR) is 93.4 cm³/mol. The third-order valence-electron chi connectivity index (χ3n) is 3.58. The average Bonchev–Trinajstić information content (AvgIpc) is 3.03. The van der Waals surface area contributed by atoms with E-state index in [-0.39, 0.29) is 17.2 Å². The number of anilines is 2. The van der Waals surface area contributed by atoms with Crippen LogP contribution in [0.1, 0.15) is 10.4 Å². The molecule has 2 heterocycles. The third kappa shape index (κ3) is 4.14. The number of carbonyl (C=O) groups is 1. The Kier molecular flexibility index (Phi) is 5.07. The number of pyridine rings is 1. The zero-order valence-electron chi connectivity index (χ0n) is 14.4. The summed E-state index contributed by atoms with van der Waals surface area (Å²) in [5, 5.41) is 6.53. The van der Waals surface area contributed by atoms with Crippen LogP contribution in [-0.2, 0) is 0 Å². The Morgan fingerprint density at radius 1 is 1.18 bits per heavy atom. The van der Waals surface area contributed by atoms with Crippen molar-refractivity contribution in [2.75, 3.05) is 18.2 Å². The third-order valence-corrected chi connectivity index (χ3v) is 3.58. The van der Waals surface area contributed by atoms with Crippen LogP contribution in [-0.4, -0.2) is 34.1 Å². The van der Waals surface area contributed by atoms with E-state index in [1.807, 2.05) is 0 Å². The number of hydrogen-bond donors (Lipinski definition) is 2. The summed E-state index contributed by atoms with van der Waals surface area (Å²) in [6, 6.07) is 9.15. The minimum Gasteiger partial charge on any atom is -0.494 e. The van der Waals surface area contributed by atoms with Gasteiger partial charge in [0.1, 0.15) is 34.4 Å². The largest absolute Gasteiger partial charge is 0.573 e. The fourth-order valence-electron chi connectivity index (χ4n) is 2.36. The van der Waals surface area contributed by atoms with Crippen LogP contribution in [0.3, 0.4) is 0 Å². The number of para-hydroxylation sites is 2. The number of nitrogen functional groups attached to an aromatic ring is 1. The monoisotopic (exact) mass is 393 g/mol. The lowest BCUT2D eigenvalue weighted by molar-refractivity contribution is -0.274. The molecule has 146 valence electrons. The van der Waals surface area contributed by atoms with Crippen LogP contribution < -0.4 is 20.5 Å². The molecule has 3 aromatic rings. The maximum atomic E-state index is 12.4. The summed E-state index contributed by atoms with van der Waals surface area (Å²) in [5.41, 5.74) is 6.62. The molecule has 1 amide bonds. The number of halogens is 3. The summed E-state index contributed by atoms with van der Waals surface area (Å²) in [6.07, 6.45) is -2.73. The number of ether oxygens (including phenoxy) is 2. The molecule has 0 spiro atoms. The molecule has 0 saturated heterocycles. The topological polar surface area (TPSA) is 104 Å². The number of nitrogens with zero attached hydrogens (tertiary/aromatic N) is 3. The second-order valence-corrected chi connectivity index (χ2v) is 5.41. The molecular formula is C17H14F3N5O3. The fraction of sp³-hybridized carbons (Fsp3) is 0.118. The van der Waals surface area contributed by atoms with Crippen molar-refractivity contribution in [3.63, 3.8) is 0 Å². The molecular weight excluding hydrogens is 379 g/mol. The Labute approximate surface area is 156 Å². The van der Waals surface area contributed by atoms with Crippen LogP contribution in [0.25, 0.3) is 5.69 Å². The van der Waals surface area contributed by atoms with E-state index < -0.39 is 18.0 Å². The molecule has 0 bridgehead atoms. The number of nitrogens with one attached hydrogen (secondary N) is 1. The van der Waals surface area contributed by atoms with Gasteiger partial charge in [0.2, 0.25) is 0 Å². The standard InChI is InChI=1S/C17H14F3N5O3/c1-27-13-5-3-2-4-12(13)25-15(21)11(9-23-25)16(26)24-14-7-6-10(8-22-14)28-17(18,19)20/h2-9H,21H2,1H3,(H,22,24,26). The minimum atomic E-state index is -4.83. The van der Waals surface area contributed by atoms with Gasteiger partial charge in [-0.15, -0.1) is 13.2 Å². The summed E-state index contributed by atoms with van der Waals surface area (Å²) in [6.45, 7) is 0. The zero-order valence-corrected chi connectivity index (χ0v) is 14.4. The van der Waals surface area contributed by atoms with E-state index in [1.54, 1.807) is 24.3 Å². The number of alkyl halides is 3. The number of nitrogens with two attached hydrogens (primary N) is 1. The van der Waals surface area contributed by atoms with E-state index in [1.165, 1.54) is 24.1 Å². The van der Waals surface area contributed by atoms with Gasteiger partial charge in [-0.25, -0.2) is 9.67 Å². The summed E-state index contributed by atoms with van der Waals surface area (Å²) in [4.78, 5) is 16.1. The molecule has 0 unspecified atom stereocenters. The highest BCUT2D eigenvalue weighted by Gasteiger charge is 2.31. The molecule has 8 nitrogen and oxygen atoms in total. The summed E-state index contributed by atoms with van der Waals surface area (Å²) in [7, 11) is 1.49. The van der Waals surface area contributed by atoms with E-state index >= 15 is 0 Å². The van der Waals surface area contributed by atoms with Gasteiger partial charge in [-0.05, 0) is 24.3 Å². The first-order valence-corrected chi connectivity index (χ1v) is 7.78. The van der Waals surface area contributed by atoms with Gasteiger partial charge in [-0.1, -0.05) is 12.1 Å². The van der Waals surface area contributed by atoms with Crippen molar-refractivity contribution < 1.29 is 27.4 Å². The molecule has 0 fully saturated rings. The van der Waals surface area contributed by atoms with Crippen LogP contribution in [0.4, 0.5) is 24.8 Å². The van der Waals surface area contributed by atoms with E-state index in [4.69, 9.17) is 10.5 Å². The molecule has 11 heteroatoms. The second kappa shape index (κ2) is 7.47. The number of aromatic nitrogens is 3. The number of hydrogen-bond acceptors (Lipinski definition) is 6. The molecule has 0 atom stereocenters. The lowest BCUT2D eigenvalue weighted by atomic mass is 10.2. The maximum absolute atomic E-state index is 12.4. The van der Waals surface area contributed by atoms with Crippen molar-refractivity contribution in [3.8, 4) is 17.2 Å². The van der Waals surface area contributed by atoms with Crippen molar-refractivity contribution >= 4 is 17.5 Å². The molecule has 3 N–H and O–H groups in total. The minimum absolute atomic E-state index is 0.0176. The van der Waals surface area contributed by atoms with Gasteiger partial charge in [0, 0.05) is 0 Å². The highest BCUT2D eigenvalue weighted by Crippen LogP contribution is 2.26. The van der Waals surface area contributed by atoms with Crippen molar-refractivity contribution in [1.29, 1.82) is 0 Å². The Morgan fingerprint density at radius 3 is 2.57 bits per heavy atom. The maximum Gasteiger partial charge on any atom is 0.573 e. The lowest BCUT2D eigenvalue weighted by Gasteiger charge is -2.10. The number of benzene rings is 1. The van der Waals surface area contributed by atoms with Gasteiger partial charge in [-0.3, -0.25) is 4.79 Å². The molecule has 0 radical (unpaired) electrons. The van der Waals surface area contributed by atoms with Gasteiger partial charge in [-0.2, -0.15) is 5.10 Å². The molecule has 0 aliphatic rings. The van der Waals surface area contributed by atoms with E-state index in [0.29, 0.717) is 11.4 Å². The fourth-order valence-corrected chi connectivity index (χ4v) is 2.36. The smallest absolute Gasteiger partial charge is 0.494 e. The molecule has 0 aliphatic carbocycles. The normalized spacial score (nSPS) is 11.1. The highest BCUT2D eigenvalue weighted by atomic mass is 19.4. The number of amides is 1. The Hall–Kier alpha value is -3.76. The van der Waals surface area contributed by atoms with E-state index in [0.717, 1.165) is 12.3 Å². The van der Waals surface area contributed by atoms with Crippen LogP contribution >= 0.6 is 0 Å². The van der Waals surface area contributed by atoms with Crippen LogP contribution in [0, 0.1) is 0 Å². The van der Waals surface area contributed by atoms with Crippen molar-refractivity contribution in [2.45, 2.75) is 6.36 Å². The van der Waals surface area contributed by atoms with E-state index in [2.05, 4.69) is 20.1 Å². The molecule has 28 heavy (non-hydrogen) atoms. The van der Waals surface area contributed by atoms with Gasteiger partial charge in [0.05, 0.1) is 19.5 Å². The first kappa shape index (κ1) is 19.0. The highest BCUT2D eigenvalue weighted by molar-refractivity contribution is 6.06. The lowest BCUT2D eigenvalue weighted by Crippen LogP contribution is -2.18. The van der Waals surface area contributed by atoms with Gasteiger partial charge < -0.3 is 20.5 Å². The molecule has 1 aromatic carbocycles. The zero-order chi connectivity index (χ0) is 20.3. The summed E-state index contributed by atoms with van der Waals surface area (Å²) < 4.78 is 46.8. The molecule has 0 saturated carbocycles. The van der Waals surface area contributed by atoms with Crippen molar-refractivity contribution in [1.82, 2.24) is 14.8 Å². The molecule has 3 rings (SSSR count). The van der Waals surface area contributed by atoms with Crippen molar-refractivity contribution in [2.24, 2.45) is 0 Å². The first-order chi connectivity index (χ1) is 13.3. The first-order valence-electron chi connectivity index (χ1n) is 7.78. The van der Waals surface area contributed by atoms with Gasteiger partial charge in [0.25, 0.3) is 5.91 Å². The predicted octanol–water partition coefficient (Wildman–Crippen LogP) is 3.01. The summed E-state index contributed by atoms with van der Waals surface area (Å²) >= 11 is 0. The van der Waals surface area contributed by atoms with Crippen LogP contribution in [0.2, 0.25) is 0 Å². The average molecular weight is 393 g/mol. The Balaban J connectivity index is 1.78. The second-order valence-electron chi connectivity index (χ2n) is 5.41. The quantitative estimate of drug-likeness (QED) is 0.691. The Morgan fingerprint density at radius 2 is 1.93 bits per heavy atom. The van der Waals surface area contributed by atoms with Crippen LogP contribution in [0.15, 0.2) is 48.8 Å². The molecule has 2 aromatic heterocycles. The van der Waals surface area contributed by atoms with Gasteiger partial charge in [0.15, 0.2) is 0 Å². The van der Waals surface area contributed by atoms with E-state index in [9.17, 15) is 18.0 Å². The number of carbonyl (C=O) groups excluding carboxylic acids is 1. The SMILES string of the molecule is COc1ccccc1-n1ncc(C(=O)Nc2ccc(OC(F)(F)F)cn2)c1N. The van der Waals surface area contributed by atoms with Gasteiger partial charge >= 0.3 is 6.36 Å². The number of methoxy groups -OCH3 is 1. The Bertz CT molecular complexity index is 986. The summed E-state index contributed by atoms with van der Waals surface area (Å²) in [5.74, 6) is -0.557. The number of rotatable bonds is 5. The molecule has 0 aliphatic heterocycles. The van der Waals surface area contributed by atoms with Crippen molar-refractivity contribution in [3.05, 3.63) is 54.4 Å². The van der Waals surface area contributed by atoms with Crippen LogP contribution in [0.5, 0.6) is 11.5 Å².